The van der Waals surface area contributed by atoms with E-state index in [1.54, 1.807) is 0 Å². The van der Waals surface area contributed by atoms with Crippen molar-refractivity contribution in [2.75, 3.05) is 38.0 Å². The molecule has 1 heterocycles. The van der Waals surface area contributed by atoms with Crippen LogP contribution in [0.2, 0.25) is 0 Å². The number of piperidine rings is 1. The van der Waals surface area contributed by atoms with Gasteiger partial charge in [-0.3, -0.25) is 14.5 Å². The molecule has 2 rings (SSSR count). The second-order valence-electron chi connectivity index (χ2n) is 6.17. The van der Waals surface area contributed by atoms with Gasteiger partial charge in [0.25, 0.3) is 0 Å². The number of rotatable bonds is 6. The molecule has 0 spiro atoms. The van der Waals surface area contributed by atoms with Gasteiger partial charge < -0.3 is 16.4 Å². The van der Waals surface area contributed by atoms with Crippen molar-refractivity contribution in [2.45, 2.75) is 19.8 Å². The third-order valence-electron chi connectivity index (χ3n) is 4.13. The lowest BCUT2D eigenvalue weighted by atomic mass is 9.97. The van der Waals surface area contributed by atoms with Crippen LogP contribution < -0.4 is 16.4 Å². The molecule has 8 heteroatoms. The molecule has 140 valence electrons. The van der Waals surface area contributed by atoms with E-state index in [4.69, 9.17) is 5.73 Å². The van der Waals surface area contributed by atoms with E-state index in [1.165, 1.54) is 0 Å². The van der Waals surface area contributed by atoms with Crippen molar-refractivity contribution in [2.24, 2.45) is 11.7 Å². The zero-order valence-electron chi connectivity index (χ0n) is 14.4. The fraction of sp³-hybridized carbons (Fsp3) is 0.529. The quantitative estimate of drug-likeness (QED) is 0.639. The Labute approximate surface area is 163 Å². The molecule has 1 unspecified atom stereocenters. The highest BCUT2D eigenvalue weighted by Gasteiger charge is 2.26. The summed E-state index contributed by atoms with van der Waals surface area (Å²) in [6, 6.07) is 5.72. The first kappa shape index (κ1) is 21.9. The van der Waals surface area contributed by atoms with Crippen LogP contribution in [0.1, 0.15) is 18.4 Å². The average Bonchev–Trinajstić information content (AvgIpc) is 2.56. The van der Waals surface area contributed by atoms with Crippen LogP contribution in [0.5, 0.6) is 0 Å². The molecule has 4 N–H and O–H groups in total. The van der Waals surface area contributed by atoms with Gasteiger partial charge in [-0.2, -0.15) is 0 Å². The Kier molecular flexibility index (Phi) is 9.42. The summed E-state index contributed by atoms with van der Waals surface area (Å²) in [5.74, 6) is -0.0816. The number of anilines is 1. The Balaban J connectivity index is 0.00000312. The smallest absolute Gasteiger partial charge is 0.238 e. The highest BCUT2D eigenvalue weighted by atomic mass is 79.9. The fourth-order valence-electron chi connectivity index (χ4n) is 2.88. The van der Waals surface area contributed by atoms with Gasteiger partial charge >= 0.3 is 0 Å². The van der Waals surface area contributed by atoms with Gasteiger partial charge in [0.15, 0.2) is 0 Å². The van der Waals surface area contributed by atoms with E-state index in [1.807, 2.05) is 30.0 Å². The van der Waals surface area contributed by atoms with Crippen LogP contribution >= 0.6 is 28.3 Å². The van der Waals surface area contributed by atoms with Crippen molar-refractivity contribution in [3.8, 4) is 0 Å². The summed E-state index contributed by atoms with van der Waals surface area (Å²) in [7, 11) is 0. The number of nitrogens with one attached hydrogen (secondary N) is 2. The molecule has 0 bridgehead atoms. The van der Waals surface area contributed by atoms with Crippen LogP contribution in [0.3, 0.4) is 0 Å². The van der Waals surface area contributed by atoms with Crippen LogP contribution in [-0.2, 0) is 9.59 Å². The van der Waals surface area contributed by atoms with Gasteiger partial charge in [0, 0.05) is 29.8 Å². The number of hydrogen-bond acceptors (Lipinski definition) is 4. The van der Waals surface area contributed by atoms with Gasteiger partial charge in [0.1, 0.15) is 0 Å². The molecule has 0 aliphatic carbocycles. The number of halogens is 2. The van der Waals surface area contributed by atoms with E-state index in [0.29, 0.717) is 26.2 Å². The molecular weight excluding hydrogens is 408 g/mol. The van der Waals surface area contributed by atoms with Crippen molar-refractivity contribution in [3.05, 3.63) is 28.2 Å². The average molecular weight is 434 g/mol. The molecule has 1 saturated heterocycles. The number of amides is 2. The van der Waals surface area contributed by atoms with Crippen LogP contribution in [0.15, 0.2) is 22.7 Å². The topological polar surface area (TPSA) is 87.5 Å². The molecule has 1 aromatic carbocycles. The normalized spacial score (nSPS) is 17.5. The Morgan fingerprint density at radius 2 is 2.16 bits per heavy atom. The molecule has 1 fully saturated rings. The van der Waals surface area contributed by atoms with E-state index in [2.05, 4.69) is 26.6 Å². The summed E-state index contributed by atoms with van der Waals surface area (Å²) in [6.07, 6.45) is 1.78. The van der Waals surface area contributed by atoms with E-state index in [9.17, 15) is 9.59 Å². The Morgan fingerprint density at radius 3 is 2.84 bits per heavy atom. The Hall–Kier alpha value is -1.15. The first-order valence-electron chi connectivity index (χ1n) is 8.25. The minimum atomic E-state index is -0.0620. The van der Waals surface area contributed by atoms with Crippen molar-refractivity contribution in [1.29, 1.82) is 0 Å². The molecule has 1 aliphatic heterocycles. The molecule has 0 aromatic heterocycles. The predicted octanol–water partition coefficient (Wildman–Crippen LogP) is 1.90. The highest BCUT2D eigenvalue weighted by molar-refractivity contribution is 9.10. The predicted molar refractivity (Wildman–Crippen MR) is 106 cm³/mol. The van der Waals surface area contributed by atoms with Crippen molar-refractivity contribution >= 4 is 45.8 Å². The van der Waals surface area contributed by atoms with Gasteiger partial charge in [-0.25, -0.2) is 0 Å². The number of hydrogen-bond donors (Lipinski definition) is 3. The molecular formula is C17H26BrClN4O2. The minimum absolute atomic E-state index is 0. The molecule has 0 saturated carbocycles. The standard InChI is InChI=1S/C17H25BrN4O2.ClH/c1-12-9-14(4-5-15(12)18)21-16(23)11-22-8-2-3-13(10-22)17(24)20-7-6-19;/h4-5,9,13H,2-3,6-8,10-11,19H2,1H3,(H,20,24)(H,21,23);1H. The lowest BCUT2D eigenvalue weighted by Gasteiger charge is -2.31. The van der Waals surface area contributed by atoms with E-state index >= 15 is 0 Å². The lowest BCUT2D eigenvalue weighted by molar-refractivity contribution is -0.127. The lowest BCUT2D eigenvalue weighted by Crippen LogP contribution is -2.46. The first-order valence-corrected chi connectivity index (χ1v) is 9.05. The van der Waals surface area contributed by atoms with E-state index < -0.39 is 0 Å². The van der Waals surface area contributed by atoms with Crippen LogP contribution in [0, 0.1) is 12.8 Å². The van der Waals surface area contributed by atoms with Crippen molar-refractivity contribution in [3.63, 3.8) is 0 Å². The summed E-state index contributed by atoms with van der Waals surface area (Å²) >= 11 is 3.45. The summed E-state index contributed by atoms with van der Waals surface area (Å²) < 4.78 is 1.02. The molecule has 2 amide bonds. The molecule has 1 aliphatic rings. The van der Waals surface area contributed by atoms with E-state index in [0.717, 1.165) is 35.1 Å². The van der Waals surface area contributed by atoms with Crippen molar-refractivity contribution < 1.29 is 9.59 Å². The number of likely N-dealkylation sites (tertiary alicyclic amines) is 1. The summed E-state index contributed by atoms with van der Waals surface area (Å²) in [5.41, 5.74) is 7.27. The maximum Gasteiger partial charge on any atom is 0.238 e. The van der Waals surface area contributed by atoms with Gasteiger partial charge in [0.05, 0.1) is 12.5 Å². The Morgan fingerprint density at radius 1 is 1.40 bits per heavy atom. The zero-order chi connectivity index (χ0) is 17.5. The van der Waals surface area contributed by atoms with Gasteiger partial charge in [-0.15, -0.1) is 12.4 Å². The second kappa shape index (κ2) is 10.8. The minimum Gasteiger partial charge on any atom is -0.355 e. The SMILES string of the molecule is Cc1cc(NC(=O)CN2CCCC(C(=O)NCCN)C2)ccc1Br.Cl. The van der Waals surface area contributed by atoms with Crippen LogP contribution in [-0.4, -0.2) is 49.4 Å². The second-order valence-corrected chi connectivity index (χ2v) is 7.02. The summed E-state index contributed by atoms with van der Waals surface area (Å²) in [4.78, 5) is 26.3. The number of nitrogens with zero attached hydrogens (tertiary/aromatic N) is 1. The molecule has 1 aromatic rings. The largest absolute Gasteiger partial charge is 0.355 e. The van der Waals surface area contributed by atoms with Crippen LogP contribution in [0.4, 0.5) is 5.69 Å². The summed E-state index contributed by atoms with van der Waals surface area (Å²) in [6.45, 7) is 4.68. The van der Waals surface area contributed by atoms with Gasteiger partial charge in [-0.1, -0.05) is 15.9 Å². The first-order chi connectivity index (χ1) is 11.5. The molecule has 25 heavy (non-hydrogen) atoms. The monoisotopic (exact) mass is 432 g/mol. The third kappa shape index (κ3) is 6.93. The number of aryl methyl sites for hydroxylation is 1. The number of carbonyl (C=O) groups is 2. The summed E-state index contributed by atoms with van der Waals surface area (Å²) in [5, 5.41) is 5.75. The third-order valence-corrected chi connectivity index (χ3v) is 5.02. The fourth-order valence-corrected chi connectivity index (χ4v) is 3.13. The number of carbonyl (C=O) groups excluding carboxylic acids is 2. The molecule has 6 nitrogen and oxygen atoms in total. The maximum absolute atomic E-state index is 12.2. The Bertz CT molecular complexity index is 600. The highest BCUT2D eigenvalue weighted by Crippen LogP contribution is 2.20. The molecule has 0 radical (unpaired) electrons. The van der Waals surface area contributed by atoms with Crippen LogP contribution in [0.25, 0.3) is 0 Å². The molecule has 1 atom stereocenters. The van der Waals surface area contributed by atoms with Gasteiger partial charge in [-0.05, 0) is 50.1 Å². The number of nitrogens with two attached hydrogens (primary N) is 1. The van der Waals surface area contributed by atoms with E-state index in [-0.39, 0.29) is 30.1 Å². The zero-order valence-corrected chi connectivity index (χ0v) is 16.8. The van der Waals surface area contributed by atoms with Gasteiger partial charge in [0.2, 0.25) is 11.8 Å². The number of benzene rings is 1. The van der Waals surface area contributed by atoms with Crippen molar-refractivity contribution in [1.82, 2.24) is 10.2 Å². The maximum atomic E-state index is 12.2.